The fourth-order valence-electron chi connectivity index (χ4n) is 3.08. The molecule has 1 unspecified atom stereocenters. The molecule has 3 heteroatoms. The summed E-state index contributed by atoms with van der Waals surface area (Å²) >= 11 is 1.83. The van der Waals surface area contributed by atoms with E-state index < -0.39 is 0 Å². The van der Waals surface area contributed by atoms with Crippen LogP contribution in [0.4, 0.5) is 0 Å². The van der Waals surface area contributed by atoms with E-state index in [4.69, 9.17) is 10.5 Å². The van der Waals surface area contributed by atoms with Gasteiger partial charge in [0.2, 0.25) is 0 Å². The van der Waals surface area contributed by atoms with Gasteiger partial charge in [-0.05, 0) is 34.9 Å². The molecule has 0 radical (unpaired) electrons. The first-order valence-electron chi connectivity index (χ1n) is 6.56. The van der Waals surface area contributed by atoms with Crippen molar-refractivity contribution in [1.29, 1.82) is 0 Å². The molecule has 96 valence electrons. The Morgan fingerprint density at radius 3 is 2.78 bits per heavy atom. The molecule has 3 rings (SSSR count). The Kier molecular flexibility index (Phi) is 3.14. The lowest BCUT2D eigenvalue weighted by atomic mass is 9.67. The average molecular weight is 261 g/mol. The molecule has 18 heavy (non-hydrogen) atoms. The molecule has 1 aliphatic rings. The van der Waals surface area contributed by atoms with Crippen molar-refractivity contribution in [3.05, 3.63) is 35.2 Å². The highest BCUT2D eigenvalue weighted by Crippen LogP contribution is 2.45. The first kappa shape index (κ1) is 12.2. The van der Waals surface area contributed by atoms with E-state index in [0.29, 0.717) is 5.92 Å². The van der Waals surface area contributed by atoms with Gasteiger partial charge in [0.05, 0.1) is 13.2 Å². The minimum absolute atomic E-state index is 0.156. The van der Waals surface area contributed by atoms with Gasteiger partial charge in [-0.2, -0.15) is 0 Å². The number of rotatable bonds is 4. The predicted molar refractivity (Wildman–Crippen MR) is 77.2 cm³/mol. The smallest absolute Gasteiger partial charge is 0.0589 e. The van der Waals surface area contributed by atoms with Crippen molar-refractivity contribution >= 4 is 21.4 Å². The molecule has 0 spiro atoms. The van der Waals surface area contributed by atoms with Crippen molar-refractivity contribution in [2.75, 3.05) is 19.8 Å². The minimum Gasteiger partial charge on any atom is -0.379 e. The molecule has 0 aliphatic carbocycles. The quantitative estimate of drug-likeness (QED) is 0.917. The summed E-state index contributed by atoms with van der Waals surface area (Å²) in [5.41, 5.74) is 7.58. The molecule has 1 saturated heterocycles. The molecule has 2 nitrogen and oxygen atoms in total. The summed E-state index contributed by atoms with van der Waals surface area (Å²) in [6, 6.07) is 8.65. The molecule has 0 amide bonds. The van der Waals surface area contributed by atoms with Crippen LogP contribution in [0.2, 0.25) is 0 Å². The van der Waals surface area contributed by atoms with E-state index in [1.807, 2.05) is 11.3 Å². The number of hydrogen-bond acceptors (Lipinski definition) is 3. The van der Waals surface area contributed by atoms with Crippen LogP contribution in [0.25, 0.3) is 10.1 Å². The van der Waals surface area contributed by atoms with Crippen LogP contribution >= 0.6 is 11.3 Å². The van der Waals surface area contributed by atoms with Crippen molar-refractivity contribution in [1.82, 2.24) is 0 Å². The van der Waals surface area contributed by atoms with Crippen LogP contribution < -0.4 is 5.73 Å². The zero-order valence-electron chi connectivity index (χ0n) is 10.7. The van der Waals surface area contributed by atoms with E-state index in [1.54, 1.807) is 0 Å². The van der Waals surface area contributed by atoms with Crippen molar-refractivity contribution in [3.8, 4) is 0 Å². The summed E-state index contributed by atoms with van der Waals surface area (Å²) in [5.74, 6) is 0.518. The lowest BCUT2D eigenvalue weighted by Crippen LogP contribution is -2.54. The Hall–Kier alpha value is -0.900. The van der Waals surface area contributed by atoms with Crippen molar-refractivity contribution in [2.24, 2.45) is 11.7 Å². The van der Waals surface area contributed by atoms with E-state index in [-0.39, 0.29) is 5.41 Å². The zero-order chi connectivity index (χ0) is 12.6. The Morgan fingerprint density at radius 2 is 2.17 bits per heavy atom. The monoisotopic (exact) mass is 261 g/mol. The fraction of sp³-hybridized carbons (Fsp3) is 0.467. The molecule has 1 fully saturated rings. The molecule has 1 atom stereocenters. The largest absolute Gasteiger partial charge is 0.379 e. The van der Waals surface area contributed by atoms with Gasteiger partial charge in [-0.3, -0.25) is 0 Å². The van der Waals surface area contributed by atoms with E-state index >= 15 is 0 Å². The number of fused-ring (bicyclic) bond motifs is 1. The Balaban J connectivity index is 2.11. The maximum absolute atomic E-state index is 5.98. The van der Waals surface area contributed by atoms with Gasteiger partial charge in [-0.25, -0.2) is 0 Å². The van der Waals surface area contributed by atoms with Gasteiger partial charge in [0.1, 0.15) is 0 Å². The summed E-state index contributed by atoms with van der Waals surface area (Å²) in [4.78, 5) is 0. The third-order valence-electron chi connectivity index (χ3n) is 4.30. The first-order valence-corrected chi connectivity index (χ1v) is 7.44. The van der Waals surface area contributed by atoms with E-state index in [2.05, 4.69) is 36.6 Å². The summed E-state index contributed by atoms with van der Waals surface area (Å²) in [5, 5.41) is 3.70. The lowest BCUT2D eigenvalue weighted by molar-refractivity contribution is -0.0888. The van der Waals surface area contributed by atoms with Crippen LogP contribution in [-0.4, -0.2) is 19.8 Å². The van der Waals surface area contributed by atoms with Crippen LogP contribution in [0, 0.1) is 5.92 Å². The highest BCUT2D eigenvalue weighted by atomic mass is 32.1. The number of thiophene rings is 1. The van der Waals surface area contributed by atoms with Gasteiger partial charge in [0.15, 0.2) is 0 Å². The molecule has 1 aromatic heterocycles. The Morgan fingerprint density at radius 1 is 1.39 bits per heavy atom. The SMILES string of the molecule is CCC(CN)C1(c2csc3ccccc23)COC1. The molecule has 2 N–H and O–H groups in total. The highest BCUT2D eigenvalue weighted by molar-refractivity contribution is 7.17. The molecule has 0 saturated carbocycles. The number of ether oxygens (including phenoxy) is 1. The molecule has 1 aliphatic heterocycles. The van der Waals surface area contributed by atoms with Gasteiger partial charge in [-0.15, -0.1) is 11.3 Å². The van der Waals surface area contributed by atoms with Crippen molar-refractivity contribution in [2.45, 2.75) is 18.8 Å². The number of benzene rings is 1. The number of nitrogens with two attached hydrogens (primary N) is 1. The molecule has 1 aromatic carbocycles. The van der Waals surface area contributed by atoms with Crippen LogP contribution in [0.1, 0.15) is 18.9 Å². The normalized spacial score (nSPS) is 19.7. The van der Waals surface area contributed by atoms with Gasteiger partial charge in [0, 0.05) is 10.1 Å². The second-order valence-corrected chi connectivity index (χ2v) is 6.05. The summed E-state index contributed by atoms with van der Waals surface area (Å²) in [6.07, 6.45) is 1.12. The van der Waals surface area contributed by atoms with Gasteiger partial charge >= 0.3 is 0 Å². The Labute approximate surface area is 112 Å². The maximum atomic E-state index is 5.98. The van der Waals surface area contributed by atoms with Crippen molar-refractivity contribution in [3.63, 3.8) is 0 Å². The highest BCUT2D eigenvalue weighted by Gasteiger charge is 2.46. The molecule has 0 bridgehead atoms. The standard InChI is InChI=1S/C15H19NOS/c1-2-11(7-16)15(9-17-10-15)13-8-18-14-6-4-3-5-12(13)14/h3-6,8,11H,2,7,9-10,16H2,1H3. The Bertz CT molecular complexity index is 540. The fourth-order valence-corrected chi connectivity index (χ4v) is 4.15. The second-order valence-electron chi connectivity index (χ2n) is 5.14. The molecular formula is C15H19NOS. The van der Waals surface area contributed by atoms with Crippen molar-refractivity contribution < 1.29 is 4.74 Å². The van der Waals surface area contributed by atoms with Crippen LogP contribution in [0.15, 0.2) is 29.6 Å². The predicted octanol–water partition coefficient (Wildman–Crippen LogP) is 3.15. The maximum Gasteiger partial charge on any atom is 0.0589 e. The lowest BCUT2D eigenvalue weighted by Gasteiger charge is -2.47. The molecular weight excluding hydrogens is 242 g/mol. The summed E-state index contributed by atoms with van der Waals surface area (Å²) < 4.78 is 6.91. The van der Waals surface area contributed by atoms with Gasteiger partial charge in [-0.1, -0.05) is 31.5 Å². The summed E-state index contributed by atoms with van der Waals surface area (Å²) in [6.45, 7) is 4.61. The average Bonchev–Trinajstić information content (AvgIpc) is 2.78. The third kappa shape index (κ3) is 1.62. The molecule has 2 heterocycles. The van der Waals surface area contributed by atoms with E-state index in [9.17, 15) is 0 Å². The second kappa shape index (κ2) is 4.65. The first-order chi connectivity index (χ1) is 8.81. The van der Waals surface area contributed by atoms with Crippen LogP contribution in [0.5, 0.6) is 0 Å². The van der Waals surface area contributed by atoms with E-state index in [1.165, 1.54) is 15.6 Å². The summed E-state index contributed by atoms with van der Waals surface area (Å²) in [7, 11) is 0. The zero-order valence-corrected chi connectivity index (χ0v) is 11.5. The molecule has 2 aromatic rings. The van der Waals surface area contributed by atoms with Gasteiger partial charge in [0.25, 0.3) is 0 Å². The van der Waals surface area contributed by atoms with Crippen LogP contribution in [0.3, 0.4) is 0 Å². The number of hydrogen-bond donors (Lipinski definition) is 1. The van der Waals surface area contributed by atoms with Crippen LogP contribution in [-0.2, 0) is 10.2 Å². The van der Waals surface area contributed by atoms with Gasteiger partial charge < -0.3 is 10.5 Å². The third-order valence-corrected chi connectivity index (χ3v) is 5.26. The van der Waals surface area contributed by atoms with E-state index in [0.717, 1.165) is 26.2 Å². The minimum atomic E-state index is 0.156. The topological polar surface area (TPSA) is 35.2 Å².